The van der Waals surface area contributed by atoms with Crippen LogP contribution in [0.15, 0.2) is 29.1 Å². The van der Waals surface area contributed by atoms with Crippen molar-refractivity contribution in [3.8, 4) is 11.4 Å². The number of aryl methyl sites for hydroxylation is 1. The van der Waals surface area contributed by atoms with E-state index in [2.05, 4.69) is 5.10 Å². The van der Waals surface area contributed by atoms with E-state index in [4.69, 9.17) is 22.1 Å². The average molecular weight is 294 g/mol. The second kappa shape index (κ2) is 5.64. The minimum Gasteiger partial charge on any atom is -0.494 e. The van der Waals surface area contributed by atoms with Gasteiger partial charge >= 0.3 is 0 Å². The van der Waals surface area contributed by atoms with Crippen molar-refractivity contribution in [3.63, 3.8) is 0 Å². The highest BCUT2D eigenvalue weighted by atomic mass is 35.5. The monoisotopic (exact) mass is 293 g/mol. The zero-order chi connectivity index (χ0) is 14.9. The highest BCUT2D eigenvalue weighted by Gasteiger charge is 2.14. The molecule has 1 aromatic heterocycles. The number of aromatic nitrogens is 2. The maximum atomic E-state index is 11.9. The first-order valence-electron chi connectivity index (χ1n) is 6.14. The molecular formula is C14H16ClN3O2. The fourth-order valence-electron chi connectivity index (χ4n) is 1.95. The summed E-state index contributed by atoms with van der Waals surface area (Å²) in [6.45, 7) is 3.51. The molecule has 0 spiro atoms. The van der Waals surface area contributed by atoms with Crippen LogP contribution in [0.1, 0.15) is 24.4 Å². The zero-order valence-corrected chi connectivity index (χ0v) is 12.3. The van der Waals surface area contributed by atoms with Crippen LogP contribution in [-0.4, -0.2) is 16.9 Å². The van der Waals surface area contributed by atoms with Gasteiger partial charge in [0.1, 0.15) is 17.1 Å². The van der Waals surface area contributed by atoms with Crippen molar-refractivity contribution < 1.29 is 4.74 Å². The van der Waals surface area contributed by atoms with E-state index in [1.807, 2.05) is 0 Å². The van der Waals surface area contributed by atoms with Crippen molar-refractivity contribution in [1.29, 1.82) is 0 Å². The molecule has 0 aliphatic carbocycles. The van der Waals surface area contributed by atoms with E-state index in [9.17, 15) is 4.79 Å². The van der Waals surface area contributed by atoms with E-state index >= 15 is 0 Å². The van der Waals surface area contributed by atoms with Crippen molar-refractivity contribution in [3.05, 3.63) is 50.9 Å². The number of halogens is 1. The van der Waals surface area contributed by atoms with Crippen LogP contribution in [-0.2, 0) is 0 Å². The lowest BCUT2D eigenvalue weighted by Gasteiger charge is -2.15. The predicted octanol–water partition coefficient (Wildman–Crippen LogP) is 2.22. The van der Waals surface area contributed by atoms with Gasteiger partial charge in [0.25, 0.3) is 0 Å². The predicted molar refractivity (Wildman–Crippen MR) is 78.7 cm³/mol. The molecule has 1 atom stereocenters. The van der Waals surface area contributed by atoms with E-state index in [1.165, 1.54) is 6.07 Å². The Morgan fingerprint density at radius 3 is 2.70 bits per heavy atom. The molecular weight excluding hydrogens is 278 g/mol. The second-order valence-corrected chi connectivity index (χ2v) is 4.99. The Morgan fingerprint density at radius 2 is 2.10 bits per heavy atom. The highest BCUT2D eigenvalue weighted by molar-refractivity contribution is 6.30. The lowest BCUT2D eigenvalue weighted by molar-refractivity contribution is 0.411. The Bertz CT molecular complexity index is 695. The van der Waals surface area contributed by atoms with Gasteiger partial charge in [0.15, 0.2) is 0 Å². The number of hydrogen-bond acceptors (Lipinski definition) is 4. The molecule has 20 heavy (non-hydrogen) atoms. The van der Waals surface area contributed by atoms with Crippen LogP contribution in [0.5, 0.6) is 5.75 Å². The summed E-state index contributed by atoms with van der Waals surface area (Å²) < 4.78 is 6.93. The summed E-state index contributed by atoms with van der Waals surface area (Å²) in [7, 11) is 1.57. The first kappa shape index (κ1) is 14.6. The summed E-state index contributed by atoms with van der Waals surface area (Å²) in [5, 5.41) is 4.89. The fraction of sp³-hybridized carbons (Fsp3) is 0.286. The van der Waals surface area contributed by atoms with Crippen LogP contribution < -0.4 is 15.9 Å². The third-order valence-electron chi connectivity index (χ3n) is 2.93. The van der Waals surface area contributed by atoms with Crippen molar-refractivity contribution in [1.82, 2.24) is 9.78 Å². The summed E-state index contributed by atoms with van der Waals surface area (Å²) in [4.78, 5) is 11.9. The van der Waals surface area contributed by atoms with Gasteiger partial charge in [-0.1, -0.05) is 11.6 Å². The van der Waals surface area contributed by atoms with Crippen LogP contribution in [0.4, 0.5) is 0 Å². The molecule has 0 saturated heterocycles. The number of nitrogens with zero attached hydrogens (tertiary/aromatic N) is 2. The minimum atomic E-state index is -0.445. The van der Waals surface area contributed by atoms with Crippen molar-refractivity contribution in [2.24, 2.45) is 5.73 Å². The zero-order valence-electron chi connectivity index (χ0n) is 11.6. The first-order valence-corrected chi connectivity index (χ1v) is 6.52. The van der Waals surface area contributed by atoms with Crippen LogP contribution >= 0.6 is 11.6 Å². The van der Waals surface area contributed by atoms with Crippen LogP contribution in [0.3, 0.4) is 0 Å². The topological polar surface area (TPSA) is 70.1 Å². The SMILES string of the molecule is COc1ccc(Cl)cc1-n1nc(C(C)N)c(=O)cc1C. The smallest absolute Gasteiger partial charge is 0.205 e. The molecule has 0 bridgehead atoms. The van der Waals surface area contributed by atoms with Crippen molar-refractivity contribution >= 4 is 11.6 Å². The number of benzene rings is 1. The first-order chi connectivity index (χ1) is 9.43. The molecule has 2 aromatic rings. The lowest BCUT2D eigenvalue weighted by atomic mass is 10.2. The Morgan fingerprint density at radius 1 is 1.40 bits per heavy atom. The van der Waals surface area contributed by atoms with E-state index in [-0.39, 0.29) is 5.43 Å². The molecule has 0 saturated carbocycles. The molecule has 0 aliphatic heterocycles. The third kappa shape index (κ3) is 2.69. The van der Waals surface area contributed by atoms with E-state index in [0.29, 0.717) is 27.8 Å². The molecule has 1 unspecified atom stereocenters. The molecule has 0 radical (unpaired) electrons. The van der Waals surface area contributed by atoms with E-state index in [1.54, 1.807) is 43.8 Å². The van der Waals surface area contributed by atoms with Gasteiger partial charge in [-0.25, -0.2) is 4.68 Å². The molecule has 0 aliphatic rings. The summed E-state index contributed by atoms with van der Waals surface area (Å²) in [5.41, 5.74) is 7.26. The molecule has 6 heteroatoms. The average Bonchev–Trinajstić information content (AvgIpc) is 2.38. The molecule has 5 nitrogen and oxygen atoms in total. The van der Waals surface area contributed by atoms with Crippen molar-refractivity contribution in [2.45, 2.75) is 19.9 Å². The van der Waals surface area contributed by atoms with Gasteiger partial charge in [-0.05, 0) is 32.0 Å². The Hall–Kier alpha value is -1.85. The van der Waals surface area contributed by atoms with Gasteiger partial charge in [0, 0.05) is 22.8 Å². The van der Waals surface area contributed by atoms with Gasteiger partial charge in [-0.15, -0.1) is 0 Å². The molecule has 1 aromatic carbocycles. The molecule has 0 fully saturated rings. The van der Waals surface area contributed by atoms with Gasteiger partial charge in [-0.3, -0.25) is 4.79 Å². The molecule has 1 heterocycles. The summed E-state index contributed by atoms with van der Waals surface area (Å²) in [5.74, 6) is 0.615. The summed E-state index contributed by atoms with van der Waals surface area (Å²) in [6.07, 6.45) is 0. The number of hydrogen-bond donors (Lipinski definition) is 1. The fourth-order valence-corrected chi connectivity index (χ4v) is 2.12. The van der Waals surface area contributed by atoms with Gasteiger partial charge in [-0.2, -0.15) is 5.10 Å². The largest absolute Gasteiger partial charge is 0.494 e. The maximum absolute atomic E-state index is 11.9. The van der Waals surface area contributed by atoms with Gasteiger partial charge in [0.05, 0.1) is 7.11 Å². The number of methoxy groups -OCH3 is 1. The minimum absolute atomic E-state index is 0.172. The number of rotatable bonds is 3. The normalized spacial score (nSPS) is 12.2. The molecule has 106 valence electrons. The Balaban J connectivity index is 2.72. The number of nitrogens with two attached hydrogens (primary N) is 1. The summed E-state index contributed by atoms with van der Waals surface area (Å²) >= 11 is 6.03. The molecule has 0 amide bonds. The lowest BCUT2D eigenvalue weighted by Crippen LogP contribution is -2.24. The van der Waals surface area contributed by atoms with E-state index in [0.717, 1.165) is 0 Å². The van der Waals surface area contributed by atoms with Gasteiger partial charge < -0.3 is 10.5 Å². The van der Waals surface area contributed by atoms with Crippen LogP contribution in [0.25, 0.3) is 5.69 Å². The Kier molecular flexibility index (Phi) is 4.11. The summed E-state index contributed by atoms with van der Waals surface area (Å²) in [6, 6.07) is 6.28. The number of ether oxygens (including phenoxy) is 1. The maximum Gasteiger partial charge on any atom is 0.205 e. The third-order valence-corrected chi connectivity index (χ3v) is 3.17. The highest BCUT2D eigenvalue weighted by Crippen LogP contribution is 2.26. The second-order valence-electron chi connectivity index (χ2n) is 4.55. The quantitative estimate of drug-likeness (QED) is 0.942. The Labute approximate surface area is 121 Å². The van der Waals surface area contributed by atoms with Crippen molar-refractivity contribution in [2.75, 3.05) is 7.11 Å². The van der Waals surface area contributed by atoms with Gasteiger partial charge in [0.2, 0.25) is 5.43 Å². The standard InChI is InChI=1S/C14H16ClN3O2/c1-8-6-12(19)14(9(2)16)17-18(8)11-7-10(15)4-5-13(11)20-3/h4-7,9H,16H2,1-3H3. The van der Waals surface area contributed by atoms with Crippen LogP contribution in [0.2, 0.25) is 5.02 Å². The van der Waals surface area contributed by atoms with Crippen LogP contribution in [0, 0.1) is 6.92 Å². The molecule has 2 N–H and O–H groups in total. The molecule has 2 rings (SSSR count). The van der Waals surface area contributed by atoms with E-state index < -0.39 is 6.04 Å².